The molecule has 0 amide bonds. The van der Waals surface area contributed by atoms with E-state index in [0.29, 0.717) is 0 Å². The van der Waals surface area contributed by atoms with Crippen molar-refractivity contribution in [1.82, 2.24) is 0 Å². The maximum Gasteiger partial charge on any atom is -1.00 e. The fourth-order valence-corrected chi connectivity index (χ4v) is 8.91. The van der Waals surface area contributed by atoms with Gasteiger partial charge in [0.05, 0.1) is 0 Å². The third kappa shape index (κ3) is 7.51. The minimum absolute atomic E-state index is 0. The summed E-state index contributed by atoms with van der Waals surface area (Å²) in [7, 11) is 0. The summed E-state index contributed by atoms with van der Waals surface area (Å²) in [6.07, 6.45) is 18.5. The van der Waals surface area contributed by atoms with Crippen molar-refractivity contribution >= 4 is 0 Å². The number of hydrogen-bond acceptors (Lipinski definition) is 0. The molecule has 0 bridgehead atoms. The van der Waals surface area contributed by atoms with E-state index in [4.69, 9.17) is 0 Å². The second kappa shape index (κ2) is 13.6. The Balaban J connectivity index is 0.00000288. The number of allylic oxidation sites excluding steroid dienone is 8. The molecule has 2 aliphatic carbocycles. The van der Waals surface area contributed by atoms with E-state index in [0.717, 1.165) is 0 Å². The Labute approximate surface area is 179 Å². The van der Waals surface area contributed by atoms with E-state index in [1.54, 1.807) is 22.3 Å². The van der Waals surface area contributed by atoms with Crippen molar-refractivity contribution in [3.63, 3.8) is 0 Å². The first-order valence-corrected chi connectivity index (χ1v) is 13.3. The monoisotopic (exact) mass is 548 g/mol. The average molecular weight is 548 g/mol. The molecule has 2 aliphatic rings. The van der Waals surface area contributed by atoms with Gasteiger partial charge >= 0.3 is 156 Å². The van der Waals surface area contributed by atoms with Crippen molar-refractivity contribution in [2.75, 3.05) is 0 Å². The molecule has 0 saturated heterocycles. The summed E-state index contributed by atoms with van der Waals surface area (Å²) in [4.78, 5) is 0. The molecule has 0 saturated carbocycles. The van der Waals surface area contributed by atoms with E-state index >= 15 is 0 Å². The smallest absolute Gasteiger partial charge is 1.00 e. The van der Waals surface area contributed by atoms with Crippen molar-refractivity contribution < 1.29 is 47.7 Å². The number of rotatable bonds is 10. The van der Waals surface area contributed by atoms with Gasteiger partial charge < -0.3 is 24.8 Å². The maximum absolute atomic E-state index is 2.55. The molecule has 140 valence electrons. The predicted molar refractivity (Wildman–Crippen MR) is 99.1 cm³/mol. The van der Waals surface area contributed by atoms with Crippen LogP contribution in [-0.2, 0) is 22.9 Å². The zero-order valence-electron chi connectivity index (χ0n) is 16.5. The van der Waals surface area contributed by atoms with Gasteiger partial charge in [0, 0.05) is 0 Å². The van der Waals surface area contributed by atoms with Gasteiger partial charge in [-0.05, 0) is 0 Å². The van der Waals surface area contributed by atoms with Crippen LogP contribution in [0, 0.1) is 0 Å². The Morgan fingerprint density at radius 2 is 1.12 bits per heavy atom. The molecule has 0 aliphatic heterocycles. The van der Waals surface area contributed by atoms with Crippen molar-refractivity contribution in [2.24, 2.45) is 0 Å². The van der Waals surface area contributed by atoms with Gasteiger partial charge in [-0.1, -0.05) is 0 Å². The molecular formula is C22H34Cl2Hf. The van der Waals surface area contributed by atoms with E-state index in [-0.39, 0.29) is 24.8 Å². The van der Waals surface area contributed by atoms with Crippen LogP contribution in [-0.4, -0.2) is 0 Å². The van der Waals surface area contributed by atoms with Gasteiger partial charge in [0.2, 0.25) is 0 Å². The summed E-state index contributed by atoms with van der Waals surface area (Å²) in [5.41, 5.74) is 6.77. The van der Waals surface area contributed by atoms with Crippen molar-refractivity contribution in [2.45, 2.75) is 91.9 Å². The first-order valence-electron chi connectivity index (χ1n) is 9.72. The van der Waals surface area contributed by atoms with Gasteiger partial charge in [0.1, 0.15) is 0 Å². The van der Waals surface area contributed by atoms with Crippen LogP contribution in [0.15, 0.2) is 41.1 Å². The van der Waals surface area contributed by atoms with Crippen molar-refractivity contribution in [3.8, 4) is 0 Å². The molecule has 0 nitrogen and oxygen atoms in total. The molecule has 0 radical (unpaired) electrons. The molecule has 2 rings (SSSR count). The number of halogens is 2. The Hall–Kier alpha value is 0.410. The zero-order valence-corrected chi connectivity index (χ0v) is 21.6. The van der Waals surface area contributed by atoms with Crippen LogP contribution in [0.3, 0.4) is 0 Å². The molecule has 0 fully saturated rings. The Kier molecular flexibility index (Phi) is 13.8. The summed E-state index contributed by atoms with van der Waals surface area (Å²) < 4.78 is 3.77. The molecule has 0 aromatic heterocycles. The molecule has 0 N–H and O–H groups in total. The second-order valence-corrected chi connectivity index (χ2v) is 12.3. The normalized spacial score (nSPS) is 16.3. The summed E-state index contributed by atoms with van der Waals surface area (Å²) in [5.74, 6) is 0. The Morgan fingerprint density at radius 3 is 1.48 bits per heavy atom. The molecule has 25 heavy (non-hydrogen) atoms. The third-order valence-corrected chi connectivity index (χ3v) is 11.7. The van der Waals surface area contributed by atoms with Crippen LogP contribution >= 0.6 is 0 Å². The number of hydrogen-bond donors (Lipinski definition) is 0. The van der Waals surface area contributed by atoms with E-state index < -0.39 is 22.9 Å². The van der Waals surface area contributed by atoms with Crippen LogP contribution in [0.2, 0.25) is 0 Å². The van der Waals surface area contributed by atoms with Crippen LogP contribution < -0.4 is 24.8 Å². The van der Waals surface area contributed by atoms with E-state index in [9.17, 15) is 0 Å². The fourth-order valence-electron chi connectivity index (χ4n) is 3.63. The molecule has 0 heterocycles. The van der Waals surface area contributed by atoms with Gasteiger partial charge in [-0.3, -0.25) is 0 Å². The Bertz CT molecular complexity index is 490. The first-order chi connectivity index (χ1) is 11.2. The average Bonchev–Trinajstić information content (AvgIpc) is 3.06. The maximum atomic E-state index is 2.55. The summed E-state index contributed by atoms with van der Waals surface area (Å²) >= 11 is -0.763. The molecule has 3 heteroatoms. The number of unbranched alkanes of at least 4 members (excludes halogenated alkanes) is 4. The molecule has 0 atom stereocenters. The first kappa shape index (κ1) is 25.4. The van der Waals surface area contributed by atoms with Gasteiger partial charge in [-0.2, -0.15) is 0 Å². The third-order valence-electron chi connectivity index (χ3n) is 5.37. The van der Waals surface area contributed by atoms with Crippen LogP contribution in [0.5, 0.6) is 0 Å². The van der Waals surface area contributed by atoms with E-state index in [2.05, 4.69) is 39.8 Å². The molecule has 0 spiro atoms. The van der Waals surface area contributed by atoms with Crippen molar-refractivity contribution in [1.29, 1.82) is 0 Å². The zero-order chi connectivity index (χ0) is 16.7. The largest absolute Gasteiger partial charge is 1.00 e. The molecule has 0 aromatic rings. The standard InChI is InChI=1S/2C11H17.2ClH.Hf/c2*1-3-4-5-8-11-9-6-7-10(11)2;;;/h2*9H,3-6,8H2,1-2H3;2*1H;/q;;;;+2/p-2. The van der Waals surface area contributed by atoms with Gasteiger partial charge in [-0.25, -0.2) is 0 Å². The van der Waals surface area contributed by atoms with Crippen molar-refractivity contribution in [3.05, 3.63) is 41.1 Å². The Morgan fingerprint density at radius 1 is 0.720 bits per heavy atom. The topological polar surface area (TPSA) is 0 Å². The SMILES string of the molecule is CCCCCC1=CC[C]([Hf+2][C]2=C(C)C(CCCCC)=CC2)=C1C.[Cl-].[Cl-]. The molecular weight excluding hydrogens is 514 g/mol. The minimum Gasteiger partial charge on any atom is -1.00 e. The minimum atomic E-state index is -0.763. The van der Waals surface area contributed by atoms with Gasteiger partial charge in [0.25, 0.3) is 0 Å². The predicted octanol–water partition coefficient (Wildman–Crippen LogP) is 1.45. The van der Waals surface area contributed by atoms with Crippen LogP contribution in [0.1, 0.15) is 91.9 Å². The van der Waals surface area contributed by atoms with Gasteiger partial charge in [-0.15, -0.1) is 0 Å². The summed E-state index contributed by atoms with van der Waals surface area (Å²) in [6.45, 7) is 9.42. The summed E-state index contributed by atoms with van der Waals surface area (Å²) in [5, 5.41) is 0. The second-order valence-electron chi connectivity index (χ2n) is 7.11. The fraction of sp³-hybridized carbons (Fsp3) is 0.636. The van der Waals surface area contributed by atoms with Crippen LogP contribution in [0.4, 0.5) is 0 Å². The van der Waals surface area contributed by atoms with E-state index in [1.165, 1.54) is 64.2 Å². The molecule has 0 aromatic carbocycles. The van der Waals surface area contributed by atoms with Gasteiger partial charge in [0.15, 0.2) is 0 Å². The quantitative estimate of drug-likeness (QED) is 0.287. The van der Waals surface area contributed by atoms with E-state index in [1.807, 2.05) is 6.66 Å². The van der Waals surface area contributed by atoms with Crippen LogP contribution in [0.25, 0.3) is 0 Å². The summed E-state index contributed by atoms with van der Waals surface area (Å²) in [6, 6.07) is 0. The molecule has 0 unspecified atom stereocenters.